The highest BCUT2D eigenvalue weighted by Gasteiger charge is 2.26. The van der Waals surface area contributed by atoms with E-state index in [1.54, 1.807) is 36.4 Å². The third-order valence-corrected chi connectivity index (χ3v) is 5.36. The lowest BCUT2D eigenvalue weighted by Gasteiger charge is -2.23. The maximum absolute atomic E-state index is 14.5. The van der Waals surface area contributed by atoms with Crippen LogP contribution in [-0.2, 0) is 16.1 Å². The van der Waals surface area contributed by atoms with Crippen LogP contribution < -0.4 is 10.2 Å². The topological polar surface area (TPSA) is 71.0 Å². The van der Waals surface area contributed by atoms with Gasteiger partial charge in [-0.05, 0) is 35.9 Å². The number of hydrogen-bond donors (Lipinski definition) is 1. The molecule has 0 saturated heterocycles. The first-order valence-corrected chi connectivity index (χ1v) is 10.7. The summed E-state index contributed by atoms with van der Waals surface area (Å²) >= 11 is 6.21. The number of fused-ring (bicyclic) bond motifs is 1. The van der Waals surface area contributed by atoms with Gasteiger partial charge in [0.25, 0.3) is 0 Å². The van der Waals surface area contributed by atoms with Crippen molar-refractivity contribution in [1.82, 2.24) is 5.32 Å². The van der Waals surface area contributed by atoms with Crippen LogP contribution in [0.3, 0.4) is 0 Å². The molecule has 0 radical (unpaired) electrons. The summed E-state index contributed by atoms with van der Waals surface area (Å²) in [4.78, 5) is 30.8. The number of carbonyl (C=O) groups excluding carboxylic acids is 2. The Hall–Kier alpha value is -3.71. The summed E-state index contributed by atoms with van der Waals surface area (Å²) in [5.74, 6) is -0.713. The minimum Gasteiger partial charge on any atom is -0.445 e. The fourth-order valence-electron chi connectivity index (χ4n) is 3.56. The number of halogens is 2. The van der Waals surface area contributed by atoms with E-state index in [4.69, 9.17) is 16.3 Å². The van der Waals surface area contributed by atoms with Crippen LogP contribution in [0.5, 0.6) is 0 Å². The molecule has 3 aromatic rings. The van der Waals surface area contributed by atoms with Crippen molar-refractivity contribution in [1.29, 1.82) is 0 Å². The zero-order valence-electron chi connectivity index (χ0n) is 17.6. The number of alkyl carbamates (subject to hydrolysis) is 1. The summed E-state index contributed by atoms with van der Waals surface area (Å²) in [7, 11) is 0. The van der Waals surface area contributed by atoms with Crippen molar-refractivity contribution in [3.8, 4) is 0 Å². The molecule has 0 atom stereocenters. The molecule has 1 aliphatic heterocycles. The van der Waals surface area contributed by atoms with Crippen molar-refractivity contribution in [2.75, 3.05) is 24.5 Å². The Morgan fingerprint density at radius 2 is 1.82 bits per heavy atom. The molecule has 1 aliphatic rings. The fourth-order valence-corrected chi connectivity index (χ4v) is 3.73. The summed E-state index contributed by atoms with van der Waals surface area (Å²) in [6, 6.07) is 20.6. The minimum atomic E-state index is -0.583. The van der Waals surface area contributed by atoms with E-state index in [2.05, 4.69) is 10.3 Å². The summed E-state index contributed by atoms with van der Waals surface area (Å²) in [6.45, 7) is 0.343. The zero-order valence-corrected chi connectivity index (χ0v) is 18.4. The lowest BCUT2D eigenvalue weighted by atomic mass is 9.99. The van der Waals surface area contributed by atoms with Gasteiger partial charge in [-0.3, -0.25) is 9.79 Å². The standard InChI is InChI=1S/C25H21ClFN3O3/c26-18-10-11-22-20(14-18)24(19-8-4-5-9-21(19)27)29-15-23(31)30(22)13-12-28-25(32)33-16-17-6-2-1-3-7-17/h1-11,14H,12-13,15-16H2,(H,28,32). The SMILES string of the molecule is O=C(NCCN1C(=O)CN=C(c2ccccc2F)c2cc(Cl)ccc21)OCc1ccccc1. The first-order chi connectivity index (χ1) is 16.0. The van der Waals surface area contributed by atoms with Crippen molar-refractivity contribution >= 4 is 35.0 Å². The number of carbonyl (C=O) groups is 2. The first-order valence-electron chi connectivity index (χ1n) is 10.4. The Morgan fingerprint density at radius 1 is 1.06 bits per heavy atom. The van der Waals surface area contributed by atoms with Crippen molar-refractivity contribution in [3.63, 3.8) is 0 Å². The smallest absolute Gasteiger partial charge is 0.407 e. The van der Waals surface area contributed by atoms with Crippen molar-refractivity contribution in [2.45, 2.75) is 6.61 Å². The molecular formula is C25H21ClFN3O3. The monoisotopic (exact) mass is 465 g/mol. The molecule has 6 nitrogen and oxygen atoms in total. The number of rotatable bonds is 6. The second-order valence-corrected chi connectivity index (χ2v) is 7.78. The van der Waals surface area contributed by atoms with Crippen LogP contribution in [0.15, 0.2) is 77.8 Å². The maximum Gasteiger partial charge on any atom is 0.407 e. The van der Waals surface area contributed by atoms with Crippen LogP contribution in [0.4, 0.5) is 14.9 Å². The fraction of sp³-hybridized carbons (Fsp3) is 0.160. The lowest BCUT2D eigenvalue weighted by molar-refractivity contribution is -0.117. The first kappa shape index (κ1) is 22.5. The third-order valence-electron chi connectivity index (χ3n) is 5.12. The van der Waals surface area contributed by atoms with Crippen LogP contribution in [0.2, 0.25) is 5.02 Å². The Morgan fingerprint density at radius 3 is 2.61 bits per heavy atom. The van der Waals surface area contributed by atoms with E-state index < -0.39 is 11.9 Å². The number of benzene rings is 3. The van der Waals surface area contributed by atoms with E-state index in [1.807, 2.05) is 30.3 Å². The second kappa shape index (κ2) is 10.3. The van der Waals surface area contributed by atoms with E-state index in [9.17, 15) is 14.0 Å². The second-order valence-electron chi connectivity index (χ2n) is 7.34. The van der Waals surface area contributed by atoms with Gasteiger partial charge in [-0.15, -0.1) is 0 Å². The van der Waals surface area contributed by atoms with Crippen molar-refractivity contribution < 1.29 is 18.7 Å². The van der Waals surface area contributed by atoms with Crippen molar-refractivity contribution in [2.24, 2.45) is 4.99 Å². The predicted octanol–water partition coefficient (Wildman–Crippen LogP) is 4.59. The summed E-state index contributed by atoms with van der Waals surface area (Å²) in [6.07, 6.45) is -0.583. The molecule has 4 rings (SSSR count). The Balaban J connectivity index is 1.48. The molecule has 1 N–H and O–H groups in total. The van der Waals surface area contributed by atoms with Crippen LogP contribution in [-0.4, -0.2) is 37.3 Å². The number of benzodiazepines with no additional fused rings is 1. The van der Waals surface area contributed by atoms with E-state index in [-0.39, 0.29) is 32.1 Å². The van der Waals surface area contributed by atoms with Gasteiger partial charge in [-0.25, -0.2) is 9.18 Å². The molecule has 0 aliphatic carbocycles. The number of nitrogens with one attached hydrogen (secondary N) is 1. The molecule has 1 heterocycles. The molecular weight excluding hydrogens is 445 g/mol. The van der Waals surface area contributed by atoms with Gasteiger partial charge in [0.05, 0.1) is 11.4 Å². The molecule has 0 unspecified atom stereocenters. The Kier molecular flexibility index (Phi) is 7.00. The van der Waals surface area contributed by atoms with E-state index in [1.165, 1.54) is 11.0 Å². The van der Waals surface area contributed by atoms with E-state index >= 15 is 0 Å². The number of anilines is 1. The molecule has 0 spiro atoms. The van der Waals surface area contributed by atoms with Crippen LogP contribution in [0.25, 0.3) is 0 Å². The highest BCUT2D eigenvalue weighted by atomic mass is 35.5. The van der Waals surface area contributed by atoms with E-state index in [0.29, 0.717) is 27.5 Å². The molecule has 0 aromatic heterocycles. The van der Waals surface area contributed by atoms with Crippen LogP contribution in [0, 0.1) is 5.82 Å². The highest BCUT2D eigenvalue weighted by molar-refractivity contribution is 6.32. The van der Waals surface area contributed by atoms with Gasteiger partial charge in [0.15, 0.2) is 0 Å². The minimum absolute atomic E-state index is 0.149. The van der Waals surface area contributed by atoms with Gasteiger partial charge in [0, 0.05) is 29.2 Å². The van der Waals surface area contributed by atoms with Gasteiger partial charge in [-0.2, -0.15) is 0 Å². The molecule has 0 saturated carbocycles. The molecule has 3 aromatic carbocycles. The van der Waals surface area contributed by atoms with E-state index in [0.717, 1.165) is 5.56 Å². The summed E-state index contributed by atoms with van der Waals surface area (Å²) < 4.78 is 19.7. The average molecular weight is 466 g/mol. The normalized spacial score (nSPS) is 13.1. The maximum atomic E-state index is 14.5. The van der Waals surface area contributed by atoms with Crippen molar-refractivity contribution in [3.05, 3.63) is 100 Å². The van der Waals surface area contributed by atoms with Gasteiger partial charge >= 0.3 is 6.09 Å². The number of aliphatic imine (C=N–C) groups is 1. The number of hydrogen-bond acceptors (Lipinski definition) is 4. The molecule has 8 heteroatoms. The van der Waals surface area contributed by atoms with Gasteiger partial charge in [-0.1, -0.05) is 54.1 Å². The van der Waals surface area contributed by atoms with Gasteiger partial charge in [0.1, 0.15) is 19.0 Å². The highest BCUT2D eigenvalue weighted by Crippen LogP contribution is 2.30. The predicted molar refractivity (Wildman–Crippen MR) is 125 cm³/mol. The number of nitrogens with zero attached hydrogens (tertiary/aromatic N) is 2. The quantitative estimate of drug-likeness (QED) is 0.578. The van der Waals surface area contributed by atoms with Crippen LogP contribution >= 0.6 is 11.6 Å². The average Bonchev–Trinajstić information content (AvgIpc) is 2.95. The molecule has 0 bridgehead atoms. The van der Waals surface area contributed by atoms with Gasteiger partial charge < -0.3 is 15.0 Å². The molecule has 0 fully saturated rings. The third kappa shape index (κ3) is 5.38. The van der Waals surface area contributed by atoms with Gasteiger partial charge in [0.2, 0.25) is 5.91 Å². The lowest BCUT2D eigenvalue weighted by Crippen LogP contribution is -2.39. The Bertz CT molecular complexity index is 1200. The Labute approximate surface area is 195 Å². The largest absolute Gasteiger partial charge is 0.445 e. The summed E-state index contributed by atoms with van der Waals surface area (Å²) in [5.41, 5.74) is 2.61. The molecule has 33 heavy (non-hydrogen) atoms. The molecule has 168 valence electrons. The molecule has 2 amide bonds. The number of ether oxygens (including phenoxy) is 1. The van der Waals surface area contributed by atoms with Crippen LogP contribution in [0.1, 0.15) is 16.7 Å². The number of amides is 2. The summed E-state index contributed by atoms with van der Waals surface area (Å²) in [5, 5.41) is 3.10. The zero-order chi connectivity index (χ0) is 23.2.